The molecule has 70 valence electrons. The number of halogens is 1. The monoisotopic (exact) mass is 287 g/mol. The molecule has 0 spiro atoms. The van der Waals surface area contributed by atoms with Gasteiger partial charge in [0.25, 0.3) is 0 Å². The Morgan fingerprint density at radius 3 is 2.92 bits per heavy atom. The van der Waals surface area contributed by atoms with Crippen molar-refractivity contribution in [3.63, 3.8) is 0 Å². The highest BCUT2D eigenvalue weighted by Gasteiger charge is 2.31. The van der Waals surface area contributed by atoms with E-state index in [0.29, 0.717) is 0 Å². The molecule has 2 atom stereocenters. The van der Waals surface area contributed by atoms with Crippen molar-refractivity contribution >= 4 is 22.6 Å². The van der Waals surface area contributed by atoms with Gasteiger partial charge in [-0.15, -0.1) is 0 Å². The van der Waals surface area contributed by atoms with Gasteiger partial charge in [-0.05, 0) is 52.6 Å². The first kappa shape index (κ1) is 9.46. The molecule has 0 aromatic heterocycles. The van der Waals surface area contributed by atoms with Gasteiger partial charge in [-0.25, -0.2) is 0 Å². The number of rotatable bonds is 3. The molecule has 1 N–H and O–H groups in total. The van der Waals surface area contributed by atoms with E-state index < -0.39 is 0 Å². The Labute approximate surface area is 93.1 Å². The topological polar surface area (TPSA) is 12.0 Å². The van der Waals surface area contributed by atoms with Crippen LogP contribution in [0.1, 0.15) is 18.9 Å². The van der Waals surface area contributed by atoms with Crippen LogP contribution in [0.15, 0.2) is 24.3 Å². The van der Waals surface area contributed by atoms with Crippen LogP contribution in [-0.4, -0.2) is 6.04 Å². The molecule has 0 amide bonds. The van der Waals surface area contributed by atoms with Gasteiger partial charge in [-0.1, -0.05) is 19.1 Å². The number of benzene rings is 1. The van der Waals surface area contributed by atoms with Gasteiger partial charge < -0.3 is 5.32 Å². The Hall–Kier alpha value is -0.0900. The standard InChI is InChI=1S/C11H14IN/c1-8-5-11(8)13-7-9-3-2-4-10(12)6-9/h2-4,6,8,11,13H,5,7H2,1H3. The van der Waals surface area contributed by atoms with Gasteiger partial charge in [0.2, 0.25) is 0 Å². The number of nitrogens with one attached hydrogen (secondary N) is 1. The fraction of sp³-hybridized carbons (Fsp3) is 0.455. The number of hydrogen-bond donors (Lipinski definition) is 1. The Morgan fingerprint density at radius 1 is 1.54 bits per heavy atom. The molecule has 13 heavy (non-hydrogen) atoms. The van der Waals surface area contributed by atoms with Crippen LogP contribution in [0.4, 0.5) is 0 Å². The van der Waals surface area contributed by atoms with E-state index in [4.69, 9.17) is 0 Å². The minimum absolute atomic E-state index is 0.776. The zero-order valence-corrected chi connectivity index (χ0v) is 9.91. The predicted octanol–water partition coefficient (Wildman–Crippen LogP) is 2.79. The Balaban J connectivity index is 1.87. The molecular formula is C11H14IN. The maximum absolute atomic E-state index is 3.55. The van der Waals surface area contributed by atoms with Gasteiger partial charge in [0.15, 0.2) is 0 Å². The summed E-state index contributed by atoms with van der Waals surface area (Å²) in [7, 11) is 0. The molecular weight excluding hydrogens is 273 g/mol. The molecule has 1 aromatic carbocycles. The Kier molecular flexibility index (Phi) is 2.89. The first-order chi connectivity index (χ1) is 6.25. The highest BCUT2D eigenvalue weighted by Crippen LogP contribution is 2.29. The van der Waals surface area contributed by atoms with Gasteiger partial charge in [-0.3, -0.25) is 0 Å². The Bertz CT molecular complexity index is 298. The zero-order chi connectivity index (χ0) is 9.26. The molecule has 0 radical (unpaired) electrons. The van der Waals surface area contributed by atoms with Crippen molar-refractivity contribution in [1.29, 1.82) is 0 Å². The summed E-state index contributed by atoms with van der Waals surface area (Å²) in [4.78, 5) is 0. The van der Waals surface area contributed by atoms with Gasteiger partial charge in [0, 0.05) is 16.2 Å². The van der Waals surface area contributed by atoms with E-state index in [1.54, 1.807) is 0 Å². The molecule has 0 bridgehead atoms. The van der Waals surface area contributed by atoms with Gasteiger partial charge in [0.1, 0.15) is 0 Å². The summed E-state index contributed by atoms with van der Waals surface area (Å²) in [6, 6.07) is 9.44. The molecule has 0 saturated heterocycles. The maximum Gasteiger partial charge on any atom is 0.0208 e. The van der Waals surface area contributed by atoms with Crippen molar-refractivity contribution in [1.82, 2.24) is 5.32 Å². The largest absolute Gasteiger partial charge is 0.310 e. The van der Waals surface area contributed by atoms with Gasteiger partial charge in [-0.2, -0.15) is 0 Å². The van der Waals surface area contributed by atoms with Crippen LogP contribution < -0.4 is 5.32 Å². The lowest BCUT2D eigenvalue weighted by Gasteiger charge is -2.03. The lowest BCUT2D eigenvalue weighted by molar-refractivity contribution is 0.652. The lowest BCUT2D eigenvalue weighted by Crippen LogP contribution is -2.16. The van der Waals surface area contributed by atoms with Crippen molar-refractivity contribution < 1.29 is 0 Å². The average Bonchev–Trinajstić information content (AvgIpc) is 2.79. The third-order valence-electron chi connectivity index (χ3n) is 2.57. The molecule has 1 aliphatic rings. The Morgan fingerprint density at radius 2 is 2.31 bits per heavy atom. The normalized spacial score (nSPS) is 26.0. The van der Waals surface area contributed by atoms with Crippen LogP contribution in [0.2, 0.25) is 0 Å². The maximum atomic E-state index is 3.55. The second-order valence-electron chi connectivity index (χ2n) is 3.83. The summed E-state index contributed by atoms with van der Waals surface area (Å²) < 4.78 is 1.32. The highest BCUT2D eigenvalue weighted by molar-refractivity contribution is 14.1. The summed E-state index contributed by atoms with van der Waals surface area (Å²) in [6.45, 7) is 3.32. The molecule has 1 aliphatic carbocycles. The van der Waals surface area contributed by atoms with Crippen LogP contribution >= 0.6 is 22.6 Å². The molecule has 1 aromatic rings. The van der Waals surface area contributed by atoms with Gasteiger partial charge >= 0.3 is 0 Å². The van der Waals surface area contributed by atoms with Crippen molar-refractivity contribution in [3.05, 3.63) is 33.4 Å². The molecule has 2 heteroatoms. The fourth-order valence-electron chi connectivity index (χ4n) is 1.50. The summed E-state index contributed by atoms with van der Waals surface area (Å²) in [5.41, 5.74) is 1.39. The molecule has 0 aliphatic heterocycles. The molecule has 1 nitrogen and oxygen atoms in total. The van der Waals surface area contributed by atoms with Crippen molar-refractivity contribution in [2.75, 3.05) is 0 Å². The van der Waals surface area contributed by atoms with E-state index >= 15 is 0 Å². The molecule has 0 heterocycles. The summed E-state index contributed by atoms with van der Waals surface area (Å²) in [5.74, 6) is 0.891. The van der Waals surface area contributed by atoms with E-state index in [0.717, 1.165) is 18.5 Å². The zero-order valence-electron chi connectivity index (χ0n) is 7.76. The summed E-state index contributed by atoms with van der Waals surface area (Å²) in [6.07, 6.45) is 1.35. The lowest BCUT2D eigenvalue weighted by atomic mass is 10.2. The van der Waals surface area contributed by atoms with E-state index in [-0.39, 0.29) is 0 Å². The van der Waals surface area contributed by atoms with E-state index in [1.165, 1.54) is 15.6 Å². The smallest absolute Gasteiger partial charge is 0.0208 e. The molecule has 2 unspecified atom stereocenters. The first-order valence-electron chi connectivity index (χ1n) is 4.73. The molecule has 2 rings (SSSR count). The van der Waals surface area contributed by atoms with E-state index in [1.807, 2.05) is 0 Å². The van der Waals surface area contributed by atoms with Crippen LogP contribution in [0, 0.1) is 9.49 Å². The van der Waals surface area contributed by atoms with Crippen molar-refractivity contribution in [3.8, 4) is 0 Å². The third-order valence-corrected chi connectivity index (χ3v) is 3.24. The number of hydrogen-bond acceptors (Lipinski definition) is 1. The molecule has 1 saturated carbocycles. The van der Waals surface area contributed by atoms with E-state index in [2.05, 4.69) is 59.1 Å². The van der Waals surface area contributed by atoms with Crippen LogP contribution in [0.5, 0.6) is 0 Å². The van der Waals surface area contributed by atoms with E-state index in [9.17, 15) is 0 Å². The third kappa shape index (κ3) is 2.68. The SMILES string of the molecule is CC1CC1NCc1cccc(I)c1. The summed E-state index contributed by atoms with van der Waals surface area (Å²) in [5, 5.41) is 3.55. The summed E-state index contributed by atoms with van der Waals surface area (Å²) >= 11 is 2.35. The van der Waals surface area contributed by atoms with Crippen molar-refractivity contribution in [2.24, 2.45) is 5.92 Å². The second-order valence-corrected chi connectivity index (χ2v) is 5.08. The van der Waals surface area contributed by atoms with Crippen molar-refractivity contribution in [2.45, 2.75) is 25.9 Å². The van der Waals surface area contributed by atoms with Crippen LogP contribution in [-0.2, 0) is 6.54 Å². The van der Waals surface area contributed by atoms with Crippen LogP contribution in [0.3, 0.4) is 0 Å². The van der Waals surface area contributed by atoms with Crippen LogP contribution in [0.25, 0.3) is 0 Å². The second kappa shape index (κ2) is 3.96. The fourth-order valence-corrected chi connectivity index (χ4v) is 2.11. The quantitative estimate of drug-likeness (QED) is 0.843. The minimum atomic E-state index is 0.776. The minimum Gasteiger partial charge on any atom is -0.310 e. The first-order valence-corrected chi connectivity index (χ1v) is 5.81. The molecule has 1 fully saturated rings. The average molecular weight is 287 g/mol. The highest BCUT2D eigenvalue weighted by atomic mass is 127. The van der Waals surface area contributed by atoms with Gasteiger partial charge in [0.05, 0.1) is 0 Å². The predicted molar refractivity (Wildman–Crippen MR) is 63.6 cm³/mol.